The SMILES string of the molecule is COCO[C@H]1[C@H](O[Si](c2ccccc2)(c2ccccc2)C(C)(C)C)[C@H](OCOC)[C@H](O)[C@@H](O)[C@@H]1OCOC. The molecule has 0 heterocycles. The maximum absolute atomic E-state index is 11.3. The molecule has 0 radical (unpaired) electrons. The zero-order valence-electron chi connectivity index (χ0n) is 23.1. The van der Waals surface area contributed by atoms with Gasteiger partial charge in [0, 0.05) is 21.3 Å². The highest BCUT2D eigenvalue weighted by atomic mass is 28.4. The first-order valence-electron chi connectivity index (χ1n) is 12.7. The Morgan fingerprint density at radius 3 is 1.34 bits per heavy atom. The lowest BCUT2D eigenvalue weighted by molar-refractivity contribution is -0.282. The standard InChI is InChI=1S/C28H42O9Si/c1-28(2,3)38(20-13-9-7-10-14-20,21-15-11-8-12-16-21)37-27-25(35-18-32-5)23(30)22(29)24(34-17-31-4)26(27)36-19-33-6/h7-16,22-27,29-30H,17-19H2,1-6H3/t22-,23-,24+,25-,26-,27-/m1/s1. The van der Waals surface area contributed by atoms with Gasteiger partial charge in [0.1, 0.15) is 57.0 Å². The molecule has 212 valence electrons. The van der Waals surface area contributed by atoms with Gasteiger partial charge in [-0.1, -0.05) is 81.4 Å². The van der Waals surface area contributed by atoms with Crippen molar-refractivity contribution in [3.05, 3.63) is 60.7 Å². The number of hydrogen-bond donors (Lipinski definition) is 2. The monoisotopic (exact) mass is 550 g/mol. The van der Waals surface area contributed by atoms with Crippen LogP contribution in [-0.2, 0) is 32.8 Å². The second kappa shape index (κ2) is 14.1. The van der Waals surface area contributed by atoms with E-state index in [1.807, 2.05) is 36.4 Å². The molecule has 1 saturated carbocycles. The van der Waals surface area contributed by atoms with Gasteiger partial charge >= 0.3 is 0 Å². The van der Waals surface area contributed by atoms with Gasteiger partial charge in [0.05, 0.1) is 0 Å². The molecule has 0 spiro atoms. The third-order valence-electron chi connectivity index (χ3n) is 6.86. The molecule has 1 aliphatic rings. The highest BCUT2D eigenvalue weighted by molar-refractivity contribution is 6.99. The van der Waals surface area contributed by atoms with Crippen LogP contribution < -0.4 is 10.4 Å². The molecule has 0 saturated heterocycles. The summed E-state index contributed by atoms with van der Waals surface area (Å²) in [6.07, 6.45) is -6.40. The van der Waals surface area contributed by atoms with E-state index in [4.69, 9.17) is 32.8 Å². The Labute approximate surface area is 226 Å². The Bertz CT molecular complexity index is 901. The van der Waals surface area contributed by atoms with Crippen molar-refractivity contribution < 1.29 is 43.1 Å². The van der Waals surface area contributed by atoms with Gasteiger partial charge < -0.3 is 43.1 Å². The summed E-state index contributed by atoms with van der Waals surface area (Å²) in [5.41, 5.74) is 0. The molecule has 2 aromatic carbocycles. The summed E-state index contributed by atoms with van der Waals surface area (Å²) in [6, 6.07) is 20.2. The van der Waals surface area contributed by atoms with Gasteiger partial charge in [0.25, 0.3) is 8.32 Å². The number of hydrogen-bond acceptors (Lipinski definition) is 9. The molecule has 38 heavy (non-hydrogen) atoms. The van der Waals surface area contributed by atoms with Crippen LogP contribution in [0.2, 0.25) is 5.04 Å². The van der Waals surface area contributed by atoms with Crippen LogP contribution in [0.4, 0.5) is 0 Å². The minimum Gasteiger partial charge on any atom is -0.399 e. The van der Waals surface area contributed by atoms with Crippen LogP contribution in [0.25, 0.3) is 0 Å². The Balaban J connectivity index is 2.23. The molecule has 2 aromatic rings. The largest absolute Gasteiger partial charge is 0.399 e. The van der Waals surface area contributed by atoms with Crippen molar-refractivity contribution in [2.45, 2.75) is 62.4 Å². The third-order valence-corrected chi connectivity index (χ3v) is 11.9. The van der Waals surface area contributed by atoms with Crippen LogP contribution in [0, 0.1) is 0 Å². The van der Waals surface area contributed by atoms with Gasteiger partial charge in [-0.3, -0.25) is 0 Å². The van der Waals surface area contributed by atoms with Gasteiger partial charge in [-0.2, -0.15) is 0 Å². The summed E-state index contributed by atoms with van der Waals surface area (Å²) in [5.74, 6) is 0. The summed E-state index contributed by atoms with van der Waals surface area (Å²) in [7, 11) is 1.35. The first-order chi connectivity index (χ1) is 18.2. The van der Waals surface area contributed by atoms with Crippen molar-refractivity contribution in [1.29, 1.82) is 0 Å². The van der Waals surface area contributed by atoms with Crippen molar-refractivity contribution in [2.75, 3.05) is 41.7 Å². The van der Waals surface area contributed by atoms with Gasteiger partial charge in [0.2, 0.25) is 0 Å². The summed E-state index contributed by atoms with van der Waals surface area (Å²) in [6.45, 7) is 6.15. The molecule has 0 bridgehead atoms. The zero-order chi connectivity index (χ0) is 27.8. The fraction of sp³-hybridized carbons (Fsp3) is 0.571. The normalized spacial score (nSPS) is 26.4. The Hall–Kier alpha value is -1.70. The fourth-order valence-corrected chi connectivity index (χ4v) is 9.89. The van der Waals surface area contributed by atoms with E-state index in [0.29, 0.717) is 0 Å². The number of rotatable bonds is 13. The third kappa shape index (κ3) is 6.53. The van der Waals surface area contributed by atoms with Crippen molar-refractivity contribution in [2.24, 2.45) is 0 Å². The van der Waals surface area contributed by atoms with Crippen LogP contribution in [0.5, 0.6) is 0 Å². The number of methoxy groups -OCH3 is 3. The Kier molecular flexibility index (Phi) is 11.4. The molecular weight excluding hydrogens is 508 g/mol. The average Bonchev–Trinajstić information content (AvgIpc) is 2.92. The van der Waals surface area contributed by atoms with Crippen molar-refractivity contribution in [3.63, 3.8) is 0 Å². The maximum atomic E-state index is 11.3. The minimum atomic E-state index is -3.13. The van der Waals surface area contributed by atoms with Crippen LogP contribution >= 0.6 is 0 Å². The molecule has 0 amide bonds. The predicted molar refractivity (Wildman–Crippen MR) is 145 cm³/mol. The van der Waals surface area contributed by atoms with E-state index in [1.165, 1.54) is 21.3 Å². The predicted octanol–water partition coefficient (Wildman–Crippen LogP) is 1.63. The van der Waals surface area contributed by atoms with Gasteiger partial charge in [-0.05, 0) is 15.4 Å². The van der Waals surface area contributed by atoms with E-state index < -0.39 is 44.9 Å². The zero-order valence-corrected chi connectivity index (χ0v) is 24.1. The van der Waals surface area contributed by atoms with Gasteiger partial charge in [0.15, 0.2) is 0 Å². The first-order valence-corrected chi connectivity index (χ1v) is 14.6. The van der Waals surface area contributed by atoms with E-state index in [-0.39, 0.29) is 25.4 Å². The number of aliphatic hydroxyl groups is 2. The van der Waals surface area contributed by atoms with Gasteiger partial charge in [-0.25, -0.2) is 0 Å². The lowest BCUT2D eigenvalue weighted by atomic mass is 9.84. The molecule has 6 atom stereocenters. The maximum Gasteiger partial charge on any atom is 0.261 e. The second-order valence-electron chi connectivity index (χ2n) is 10.3. The first kappa shape index (κ1) is 30.8. The van der Waals surface area contributed by atoms with E-state index in [2.05, 4.69) is 45.0 Å². The van der Waals surface area contributed by atoms with Crippen molar-refractivity contribution >= 4 is 18.7 Å². The van der Waals surface area contributed by atoms with E-state index in [1.54, 1.807) is 0 Å². The lowest BCUT2D eigenvalue weighted by Crippen LogP contribution is -2.74. The van der Waals surface area contributed by atoms with Crippen molar-refractivity contribution in [1.82, 2.24) is 0 Å². The van der Waals surface area contributed by atoms with Gasteiger partial charge in [-0.15, -0.1) is 0 Å². The topological polar surface area (TPSA) is 105 Å². The van der Waals surface area contributed by atoms with E-state index >= 15 is 0 Å². The quantitative estimate of drug-likeness (QED) is 0.284. The van der Waals surface area contributed by atoms with E-state index in [0.717, 1.165) is 10.4 Å². The molecule has 2 N–H and O–H groups in total. The highest BCUT2D eigenvalue weighted by Crippen LogP contribution is 2.41. The summed E-state index contributed by atoms with van der Waals surface area (Å²) >= 11 is 0. The summed E-state index contributed by atoms with van der Waals surface area (Å²) in [4.78, 5) is 0. The second-order valence-corrected chi connectivity index (χ2v) is 14.6. The Morgan fingerprint density at radius 2 is 0.974 bits per heavy atom. The van der Waals surface area contributed by atoms with Crippen LogP contribution in [-0.4, -0.2) is 96.9 Å². The highest BCUT2D eigenvalue weighted by Gasteiger charge is 2.59. The summed E-state index contributed by atoms with van der Waals surface area (Å²) in [5, 5.41) is 24.1. The fourth-order valence-electron chi connectivity index (χ4n) is 5.20. The number of benzene rings is 2. The molecule has 0 unspecified atom stereocenters. The molecule has 9 nitrogen and oxygen atoms in total. The summed E-state index contributed by atoms with van der Waals surface area (Å²) < 4.78 is 40.8. The molecule has 3 rings (SSSR count). The van der Waals surface area contributed by atoms with Crippen LogP contribution in [0.15, 0.2) is 60.7 Å². The molecular formula is C28H42O9Si. The molecule has 1 aliphatic carbocycles. The van der Waals surface area contributed by atoms with E-state index in [9.17, 15) is 10.2 Å². The van der Waals surface area contributed by atoms with Crippen LogP contribution in [0.1, 0.15) is 20.8 Å². The average molecular weight is 551 g/mol. The number of aliphatic hydroxyl groups excluding tert-OH is 2. The molecule has 10 heteroatoms. The number of ether oxygens (including phenoxy) is 6. The lowest BCUT2D eigenvalue weighted by Gasteiger charge is -2.52. The smallest absolute Gasteiger partial charge is 0.261 e. The van der Waals surface area contributed by atoms with Crippen LogP contribution in [0.3, 0.4) is 0 Å². The Morgan fingerprint density at radius 1 is 0.605 bits per heavy atom. The minimum absolute atomic E-state index is 0.0854. The molecule has 0 aliphatic heterocycles. The molecule has 1 fully saturated rings. The molecule has 0 aromatic heterocycles. The van der Waals surface area contributed by atoms with Crippen molar-refractivity contribution in [3.8, 4) is 0 Å².